The highest BCUT2D eigenvalue weighted by Gasteiger charge is 2.38. The monoisotopic (exact) mass is 265 g/mol. The lowest BCUT2D eigenvalue weighted by atomic mass is 9.85. The predicted octanol–water partition coefficient (Wildman–Crippen LogP) is 1.83. The van der Waals surface area contributed by atoms with E-state index in [1.807, 2.05) is 0 Å². The van der Waals surface area contributed by atoms with E-state index in [4.69, 9.17) is 0 Å². The molecular formula is C10H20BrNO2. The maximum atomic E-state index is 11.7. The van der Waals surface area contributed by atoms with Crippen molar-refractivity contribution in [3.63, 3.8) is 0 Å². The highest BCUT2D eigenvalue weighted by Crippen LogP contribution is 2.23. The smallest absolute Gasteiger partial charge is 0.236 e. The maximum Gasteiger partial charge on any atom is 0.236 e. The van der Waals surface area contributed by atoms with E-state index in [1.54, 1.807) is 41.5 Å². The molecule has 0 aromatic carbocycles. The zero-order valence-corrected chi connectivity index (χ0v) is 11.3. The molecule has 0 radical (unpaired) electrons. The van der Waals surface area contributed by atoms with Crippen LogP contribution in [0.2, 0.25) is 0 Å². The Kier molecular flexibility index (Phi) is 3.79. The zero-order chi connectivity index (χ0) is 11.8. The lowest BCUT2D eigenvalue weighted by molar-refractivity contribution is -0.127. The van der Waals surface area contributed by atoms with Crippen LogP contribution in [0.25, 0.3) is 0 Å². The van der Waals surface area contributed by atoms with Gasteiger partial charge in [0.05, 0.1) is 15.5 Å². The number of halogens is 1. The SMILES string of the molecule is CC(C)(Br)C(=O)NC(C)(C)C(C)(C)O. The topological polar surface area (TPSA) is 49.3 Å². The Morgan fingerprint density at radius 3 is 1.71 bits per heavy atom. The van der Waals surface area contributed by atoms with E-state index in [9.17, 15) is 9.90 Å². The van der Waals surface area contributed by atoms with E-state index in [2.05, 4.69) is 21.2 Å². The molecule has 0 heterocycles. The molecule has 0 aromatic heterocycles. The molecule has 0 saturated carbocycles. The Labute approximate surface area is 94.4 Å². The number of rotatable bonds is 3. The maximum absolute atomic E-state index is 11.7. The van der Waals surface area contributed by atoms with E-state index >= 15 is 0 Å². The van der Waals surface area contributed by atoms with Gasteiger partial charge >= 0.3 is 0 Å². The number of carbonyl (C=O) groups excluding carboxylic acids is 1. The summed E-state index contributed by atoms with van der Waals surface area (Å²) in [5, 5.41) is 12.6. The quantitative estimate of drug-likeness (QED) is 0.765. The van der Waals surface area contributed by atoms with Crippen LogP contribution in [0.3, 0.4) is 0 Å². The summed E-state index contributed by atoms with van der Waals surface area (Å²) >= 11 is 3.27. The molecule has 0 bridgehead atoms. The fraction of sp³-hybridized carbons (Fsp3) is 0.900. The molecule has 0 aliphatic rings. The average Bonchev–Trinajstić information content (AvgIpc) is 1.80. The van der Waals surface area contributed by atoms with Crippen LogP contribution >= 0.6 is 15.9 Å². The van der Waals surface area contributed by atoms with Gasteiger partial charge in [-0.05, 0) is 41.5 Å². The minimum absolute atomic E-state index is 0.135. The first kappa shape index (κ1) is 13.9. The summed E-state index contributed by atoms with van der Waals surface area (Å²) in [6.07, 6.45) is 0. The molecular weight excluding hydrogens is 246 g/mol. The summed E-state index contributed by atoms with van der Waals surface area (Å²) in [6, 6.07) is 0. The van der Waals surface area contributed by atoms with E-state index in [-0.39, 0.29) is 5.91 Å². The molecule has 0 spiro atoms. The zero-order valence-electron chi connectivity index (χ0n) is 9.73. The Morgan fingerprint density at radius 2 is 1.50 bits per heavy atom. The van der Waals surface area contributed by atoms with Gasteiger partial charge in [0.25, 0.3) is 0 Å². The van der Waals surface area contributed by atoms with Crippen LogP contribution in [0.15, 0.2) is 0 Å². The largest absolute Gasteiger partial charge is 0.388 e. The Morgan fingerprint density at radius 1 is 1.14 bits per heavy atom. The number of hydrogen-bond acceptors (Lipinski definition) is 2. The van der Waals surface area contributed by atoms with Crippen LogP contribution in [0.5, 0.6) is 0 Å². The minimum atomic E-state index is -0.957. The van der Waals surface area contributed by atoms with E-state index in [0.29, 0.717) is 0 Å². The summed E-state index contributed by atoms with van der Waals surface area (Å²) in [5.41, 5.74) is -1.62. The second kappa shape index (κ2) is 3.81. The fourth-order valence-electron chi connectivity index (χ4n) is 0.585. The molecule has 0 unspecified atom stereocenters. The van der Waals surface area contributed by atoms with Gasteiger partial charge in [-0.3, -0.25) is 4.79 Å². The van der Waals surface area contributed by atoms with Gasteiger partial charge < -0.3 is 10.4 Å². The molecule has 14 heavy (non-hydrogen) atoms. The number of amides is 1. The average molecular weight is 266 g/mol. The second-order valence-corrected chi connectivity index (χ2v) is 7.09. The lowest BCUT2D eigenvalue weighted by Crippen LogP contribution is -2.60. The molecule has 0 aromatic rings. The van der Waals surface area contributed by atoms with Gasteiger partial charge in [-0.1, -0.05) is 15.9 Å². The Hall–Kier alpha value is -0.0900. The molecule has 0 aliphatic heterocycles. The Bertz CT molecular complexity index is 223. The van der Waals surface area contributed by atoms with Gasteiger partial charge in [-0.2, -0.15) is 0 Å². The van der Waals surface area contributed by atoms with Crippen LogP contribution in [0.4, 0.5) is 0 Å². The van der Waals surface area contributed by atoms with Gasteiger partial charge in [0, 0.05) is 0 Å². The summed E-state index contributed by atoms with van der Waals surface area (Å²) in [5.74, 6) is -0.135. The van der Waals surface area contributed by atoms with E-state index in [1.165, 1.54) is 0 Å². The highest BCUT2D eigenvalue weighted by molar-refractivity contribution is 9.10. The molecule has 1 amide bonds. The Balaban J connectivity index is 4.62. The van der Waals surface area contributed by atoms with Crippen molar-refractivity contribution in [2.24, 2.45) is 0 Å². The highest BCUT2D eigenvalue weighted by atomic mass is 79.9. The molecule has 2 N–H and O–H groups in total. The predicted molar refractivity (Wildman–Crippen MR) is 61.5 cm³/mol. The van der Waals surface area contributed by atoms with Crippen LogP contribution < -0.4 is 5.32 Å². The van der Waals surface area contributed by atoms with Crippen molar-refractivity contribution in [1.29, 1.82) is 0 Å². The fourth-order valence-corrected chi connectivity index (χ4v) is 0.685. The van der Waals surface area contributed by atoms with Crippen molar-refractivity contribution in [3.05, 3.63) is 0 Å². The van der Waals surface area contributed by atoms with Gasteiger partial charge in [-0.25, -0.2) is 0 Å². The minimum Gasteiger partial charge on any atom is -0.388 e. The molecule has 0 aliphatic carbocycles. The van der Waals surface area contributed by atoms with Crippen LogP contribution in [-0.4, -0.2) is 26.5 Å². The number of carbonyl (C=O) groups is 1. The van der Waals surface area contributed by atoms with Crippen LogP contribution in [0.1, 0.15) is 41.5 Å². The third kappa shape index (κ3) is 3.58. The standard InChI is InChI=1S/C10H20BrNO2/c1-8(2,11)7(13)12-9(3,4)10(5,6)14/h14H,1-6H3,(H,12,13). The van der Waals surface area contributed by atoms with Crippen molar-refractivity contribution in [3.8, 4) is 0 Å². The van der Waals surface area contributed by atoms with Crippen molar-refractivity contribution in [2.45, 2.75) is 57.0 Å². The first-order valence-electron chi connectivity index (χ1n) is 4.62. The van der Waals surface area contributed by atoms with E-state index < -0.39 is 15.5 Å². The van der Waals surface area contributed by atoms with Gasteiger partial charge in [0.1, 0.15) is 0 Å². The first-order chi connectivity index (χ1) is 5.88. The third-order valence-electron chi connectivity index (χ3n) is 2.50. The van der Waals surface area contributed by atoms with Crippen molar-refractivity contribution < 1.29 is 9.90 Å². The molecule has 84 valence electrons. The second-order valence-electron chi connectivity index (χ2n) is 5.11. The molecule has 3 nitrogen and oxygen atoms in total. The van der Waals surface area contributed by atoms with Gasteiger partial charge in [0.2, 0.25) is 5.91 Å². The van der Waals surface area contributed by atoms with Crippen molar-refractivity contribution >= 4 is 21.8 Å². The molecule has 0 atom stereocenters. The normalized spacial score (nSPS) is 14.0. The lowest BCUT2D eigenvalue weighted by Gasteiger charge is -2.39. The summed E-state index contributed by atoms with van der Waals surface area (Å²) < 4.78 is -0.616. The molecule has 4 heteroatoms. The number of alkyl halides is 1. The molecule has 0 rings (SSSR count). The van der Waals surface area contributed by atoms with Crippen LogP contribution in [-0.2, 0) is 4.79 Å². The van der Waals surface area contributed by atoms with Crippen molar-refractivity contribution in [1.82, 2.24) is 5.32 Å². The molecule has 0 saturated heterocycles. The first-order valence-corrected chi connectivity index (χ1v) is 5.41. The number of nitrogens with one attached hydrogen (secondary N) is 1. The third-order valence-corrected chi connectivity index (χ3v) is 2.86. The van der Waals surface area contributed by atoms with Gasteiger partial charge in [-0.15, -0.1) is 0 Å². The number of aliphatic hydroxyl groups is 1. The van der Waals surface area contributed by atoms with Gasteiger partial charge in [0.15, 0.2) is 0 Å². The summed E-state index contributed by atoms with van der Waals surface area (Å²) in [6.45, 7) is 10.5. The molecule has 0 fully saturated rings. The van der Waals surface area contributed by atoms with Crippen LogP contribution in [0, 0.1) is 0 Å². The van der Waals surface area contributed by atoms with Crippen molar-refractivity contribution in [2.75, 3.05) is 0 Å². The number of hydrogen-bond donors (Lipinski definition) is 2. The summed E-state index contributed by atoms with van der Waals surface area (Å²) in [4.78, 5) is 11.7. The summed E-state index contributed by atoms with van der Waals surface area (Å²) in [7, 11) is 0. The van der Waals surface area contributed by atoms with E-state index in [0.717, 1.165) is 0 Å².